The first-order chi connectivity index (χ1) is 20.4. The van der Waals surface area contributed by atoms with Crippen LogP contribution in [0, 0.1) is 0 Å². The standard InChI is InChI=1S/C31H35ClN8O2/c1-4-6-24(7-5-2)37-31-34-15-27(32)29(38-31)22-8-9-23-16-39(30(42)26(23)14-22)17-28(41)36-20(3)21-10-12-25(13-11-21)40-19-33-18-35-40/h8-15,18-20,24H,4-7,16-17H2,1-3H3,(H,36,41)(H,34,37,38). The third-order valence-electron chi connectivity index (χ3n) is 7.40. The summed E-state index contributed by atoms with van der Waals surface area (Å²) in [5.74, 6) is 0.0994. The lowest BCUT2D eigenvalue weighted by Crippen LogP contribution is -2.38. The Morgan fingerprint density at radius 2 is 1.86 bits per heavy atom. The number of nitrogens with zero attached hydrogens (tertiary/aromatic N) is 6. The maximum absolute atomic E-state index is 13.3. The summed E-state index contributed by atoms with van der Waals surface area (Å²) >= 11 is 6.50. The molecular weight excluding hydrogens is 552 g/mol. The van der Waals surface area contributed by atoms with Crippen molar-refractivity contribution >= 4 is 29.4 Å². The fourth-order valence-electron chi connectivity index (χ4n) is 5.24. The predicted octanol–water partition coefficient (Wildman–Crippen LogP) is 5.59. The number of carbonyl (C=O) groups is 2. The van der Waals surface area contributed by atoms with Crippen molar-refractivity contribution in [2.24, 2.45) is 0 Å². The fourth-order valence-corrected chi connectivity index (χ4v) is 5.44. The van der Waals surface area contributed by atoms with E-state index < -0.39 is 0 Å². The first-order valence-corrected chi connectivity index (χ1v) is 14.7. The highest BCUT2D eigenvalue weighted by Crippen LogP contribution is 2.31. The molecule has 0 bridgehead atoms. The number of rotatable bonds is 12. The van der Waals surface area contributed by atoms with Crippen LogP contribution in [-0.4, -0.2) is 54.0 Å². The first-order valence-electron chi connectivity index (χ1n) is 14.3. The third-order valence-corrected chi connectivity index (χ3v) is 7.68. The molecule has 1 unspecified atom stereocenters. The van der Waals surface area contributed by atoms with Crippen molar-refractivity contribution < 1.29 is 9.59 Å². The van der Waals surface area contributed by atoms with Gasteiger partial charge in [-0.1, -0.05) is 62.6 Å². The Morgan fingerprint density at radius 3 is 2.55 bits per heavy atom. The maximum atomic E-state index is 13.3. The van der Waals surface area contributed by atoms with Crippen LogP contribution in [-0.2, 0) is 11.3 Å². The van der Waals surface area contributed by atoms with Crippen LogP contribution in [0.5, 0.6) is 0 Å². The Morgan fingerprint density at radius 1 is 1.10 bits per heavy atom. The number of nitrogens with one attached hydrogen (secondary N) is 2. The van der Waals surface area contributed by atoms with Gasteiger partial charge in [0.1, 0.15) is 19.2 Å². The zero-order chi connectivity index (χ0) is 29.6. The normalized spacial score (nSPS) is 13.4. The van der Waals surface area contributed by atoms with E-state index in [9.17, 15) is 9.59 Å². The van der Waals surface area contributed by atoms with E-state index in [1.165, 1.54) is 6.33 Å². The number of carbonyl (C=O) groups excluding carboxylic acids is 2. The molecule has 2 amide bonds. The van der Waals surface area contributed by atoms with Crippen molar-refractivity contribution in [3.8, 4) is 16.9 Å². The monoisotopic (exact) mass is 586 g/mol. The van der Waals surface area contributed by atoms with Crippen molar-refractivity contribution in [1.29, 1.82) is 0 Å². The Kier molecular flexibility index (Phi) is 9.12. The van der Waals surface area contributed by atoms with Crippen molar-refractivity contribution in [2.75, 3.05) is 11.9 Å². The molecule has 42 heavy (non-hydrogen) atoms. The van der Waals surface area contributed by atoms with Crippen molar-refractivity contribution in [3.05, 3.63) is 83.0 Å². The molecule has 2 aromatic heterocycles. The van der Waals surface area contributed by atoms with Gasteiger partial charge in [-0.2, -0.15) is 5.10 Å². The Labute approximate surface area is 250 Å². The number of hydrogen-bond donors (Lipinski definition) is 2. The quantitative estimate of drug-likeness (QED) is 0.222. The van der Waals surface area contributed by atoms with Gasteiger partial charge in [0.2, 0.25) is 11.9 Å². The fraction of sp³-hybridized carbons (Fsp3) is 0.355. The highest BCUT2D eigenvalue weighted by Gasteiger charge is 2.30. The molecule has 2 aromatic carbocycles. The van der Waals surface area contributed by atoms with Gasteiger partial charge in [-0.15, -0.1) is 0 Å². The smallest absolute Gasteiger partial charge is 0.254 e. The summed E-state index contributed by atoms with van der Waals surface area (Å²) in [5.41, 5.74) is 4.53. The minimum absolute atomic E-state index is 0.0389. The van der Waals surface area contributed by atoms with Crippen molar-refractivity contribution in [2.45, 2.75) is 65.1 Å². The van der Waals surface area contributed by atoms with Crippen LogP contribution in [0.25, 0.3) is 16.9 Å². The molecule has 11 heteroatoms. The number of amides is 2. The van der Waals surface area contributed by atoms with Gasteiger partial charge in [-0.3, -0.25) is 9.59 Å². The molecule has 0 aliphatic carbocycles. The zero-order valence-corrected chi connectivity index (χ0v) is 24.8. The van der Waals surface area contributed by atoms with Crippen LogP contribution >= 0.6 is 11.6 Å². The molecular formula is C31H35ClN8O2. The van der Waals surface area contributed by atoms with Crippen LogP contribution in [0.4, 0.5) is 5.95 Å². The van der Waals surface area contributed by atoms with Gasteiger partial charge < -0.3 is 15.5 Å². The second-order valence-corrected chi connectivity index (χ2v) is 11.0. The maximum Gasteiger partial charge on any atom is 0.254 e. The lowest BCUT2D eigenvalue weighted by Gasteiger charge is -2.19. The lowest BCUT2D eigenvalue weighted by molar-refractivity contribution is -0.122. The molecule has 218 valence electrons. The molecule has 3 heterocycles. The van der Waals surface area contributed by atoms with Crippen LogP contribution < -0.4 is 10.6 Å². The van der Waals surface area contributed by atoms with Gasteiger partial charge in [0, 0.05) is 23.7 Å². The highest BCUT2D eigenvalue weighted by atomic mass is 35.5. The Hall–Kier alpha value is -4.31. The topological polar surface area (TPSA) is 118 Å². The largest absolute Gasteiger partial charge is 0.351 e. The summed E-state index contributed by atoms with van der Waals surface area (Å²) in [6.45, 7) is 6.56. The molecule has 1 atom stereocenters. The average molecular weight is 587 g/mol. The van der Waals surface area contributed by atoms with E-state index >= 15 is 0 Å². The number of aromatic nitrogens is 5. The molecule has 4 aromatic rings. The molecule has 0 fully saturated rings. The van der Waals surface area contributed by atoms with Crippen LogP contribution in [0.2, 0.25) is 5.02 Å². The highest BCUT2D eigenvalue weighted by molar-refractivity contribution is 6.33. The predicted molar refractivity (Wildman–Crippen MR) is 162 cm³/mol. The first kappa shape index (κ1) is 29.2. The number of fused-ring (bicyclic) bond motifs is 1. The second kappa shape index (κ2) is 13.1. The van der Waals surface area contributed by atoms with Gasteiger partial charge in [0.25, 0.3) is 5.91 Å². The third kappa shape index (κ3) is 6.60. The Balaban J connectivity index is 1.23. The number of hydrogen-bond acceptors (Lipinski definition) is 7. The molecule has 0 radical (unpaired) electrons. The summed E-state index contributed by atoms with van der Waals surface area (Å²) in [4.78, 5) is 40.8. The average Bonchev–Trinajstić information content (AvgIpc) is 3.63. The summed E-state index contributed by atoms with van der Waals surface area (Å²) in [7, 11) is 0. The van der Waals surface area contributed by atoms with Gasteiger partial charge in [-0.05, 0) is 49.1 Å². The summed E-state index contributed by atoms with van der Waals surface area (Å²) in [6, 6.07) is 13.4. The van der Waals surface area contributed by atoms with E-state index in [0.29, 0.717) is 28.8 Å². The van der Waals surface area contributed by atoms with E-state index in [2.05, 4.69) is 39.5 Å². The van der Waals surface area contributed by atoms with Crippen LogP contribution in [0.15, 0.2) is 61.3 Å². The SMILES string of the molecule is CCCC(CCC)Nc1ncc(Cl)c(-c2ccc3c(c2)C(=O)N(CC(=O)NC(C)c2ccc(-n4cncn4)cc2)C3)n1. The van der Waals surface area contributed by atoms with E-state index in [-0.39, 0.29) is 30.4 Å². The zero-order valence-electron chi connectivity index (χ0n) is 24.0. The van der Waals surface area contributed by atoms with E-state index in [4.69, 9.17) is 16.6 Å². The molecule has 10 nitrogen and oxygen atoms in total. The van der Waals surface area contributed by atoms with E-state index in [0.717, 1.165) is 48.1 Å². The minimum atomic E-state index is -0.231. The van der Waals surface area contributed by atoms with Crippen LogP contribution in [0.3, 0.4) is 0 Å². The summed E-state index contributed by atoms with van der Waals surface area (Å²) in [6.07, 6.45) is 8.89. The number of benzene rings is 2. The molecule has 5 rings (SSSR count). The van der Waals surface area contributed by atoms with Crippen molar-refractivity contribution in [1.82, 2.24) is 34.9 Å². The lowest BCUT2D eigenvalue weighted by atomic mass is 10.0. The van der Waals surface area contributed by atoms with Gasteiger partial charge in [0.05, 0.1) is 28.6 Å². The van der Waals surface area contributed by atoms with Crippen molar-refractivity contribution in [3.63, 3.8) is 0 Å². The van der Waals surface area contributed by atoms with Gasteiger partial charge in [0.15, 0.2) is 0 Å². The van der Waals surface area contributed by atoms with E-state index in [1.807, 2.05) is 49.4 Å². The van der Waals surface area contributed by atoms with Gasteiger partial charge >= 0.3 is 0 Å². The molecule has 0 saturated heterocycles. The second-order valence-electron chi connectivity index (χ2n) is 10.6. The summed E-state index contributed by atoms with van der Waals surface area (Å²) < 4.78 is 1.67. The Bertz CT molecular complexity index is 1540. The van der Waals surface area contributed by atoms with E-state index in [1.54, 1.807) is 22.1 Å². The molecule has 0 spiro atoms. The van der Waals surface area contributed by atoms with Crippen LogP contribution in [0.1, 0.15) is 74.0 Å². The number of anilines is 1. The summed E-state index contributed by atoms with van der Waals surface area (Å²) in [5, 5.41) is 11.0. The number of halogens is 1. The minimum Gasteiger partial charge on any atom is -0.351 e. The molecule has 1 aliphatic heterocycles. The molecule has 1 aliphatic rings. The molecule has 2 N–H and O–H groups in total. The molecule has 0 saturated carbocycles. The van der Waals surface area contributed by atoms with Gasteiger partial charge in [-0.25, -0.2) is 19.6 Å².